The van der Waals surface area contributed by atoms with Crippen LogP contribution < -0.4 is 5.32 Å². The highest BCUT2D eigenvalue weighted by atomic mass is 16.3. The first kappa shape index (κ1) is 51.1. The molecule has 0 aromatic heterocycles. The average Bonchev–Trinajstić information content (AvgIpc) is 3.15. The van der Waals surface area contributed by atoms with Crippen molar-refractivity contribution in [3.8, 4) is 0 Å². The van der Waals surface area contributed by atoms with E-state index in [1.807, 2.05) is 6.08 Å². The number of hydrogen-bond donors (Lipinski definition) is 3. The van der Waals surface area contributed by atoms with E-state index in [4.69, 9.17) is 0 Å². The number of allylic oxidation sites excluding steroid dienone is 1. The van der Waals surface area contributed by atoms with Crippen LogP contribution in [0.15, 0.2) is 12.2 Å². The maximum absolute atomic E-state index is 12.3. The lowest BCUT2D eigenvalue weighted by atomic mass is 10.0. The quantitative estimate of drug-likeness (QED) is 0.0431. The summed E-state index contributed by atoms with van der Waals surface area (Å²) in [5.74, 6) is -0.0620. The van der Waals surface area contributed by atoms with E-state index in [1.165, 1.54) is 225 Å². The number of carbonyl (C=O) groups is 1. The molecular formula is C48H95NO3. The zero-order valence-electron chi connectivity index (χ0n) is 35.6. The summed E-state index contributed by atoms with van der Waals surface area (Å²) in [5.41, 5.74) is 0. The lowest BCUT2D eigenvalue weighted by Crippen LogP contribution is -2.45. The second-order valence-electron chi connectivity index (χ2n) is 16.5. The minimum absolute atomic E-state index is 0.0620. The molecule has 0 heterocycles. The molecule has 0 aliphatic carbocycles. The van der Waals surface area contributed by atoms with E-state index >= 15 is 0 Å². The molecule has 1 amide bonds. The van der Waals surface area contributed by atoms with Gasteiger partial charge in [0, 0.05) is 6.42 Å². The van der Waals surface area contributed by atoms with Gasteiger partial charge in [0.05, 0.1) is 18.8 Å². The fourth-order valence-electron chi connectivity index (χ4n) is 7.59. The van der Waals surface area contributed by atoms with Crippen LogP contribution >= 0.6 is 0 Å². The van der Waals surface area contributed by atoms with Crippen molar-refractivity contribution in [1.29, 1.82) is 0 Å². The smallest absolute Gasteiger partial charge is 0.220 e. The minimum Gasteiger partial charge on any atom is -0.394 e. The molecule has 2 unspecified atom stereocenters. The van der Waals surface area contributed by atoms with Crippen molar-refractivity contribution < 1.29 is 15.0 Å². The normalized spacial score (nSPS) is 12.9. The highest BCUT2D eigenvalue weighted by Gasteiger charge is 2.18. The molecule has 3 N–H and O–H groups in total. The SMILES string of the molecule is CCCCCCCCCCCCCCCCCCCCCCCCCCCCC/C=C/C(O)C(CO)NC(=O)CCCCCCCCCCCCC. The van der Waals surface area contributed by atoms with Crippen molar-refractivity contribution in [3.63, 3.8) is 0 Å². The van der Waals surface area contributed by atoms with Crippen molar-refractivity contribution in [2.24, 2.45) is 0 Å². The number of aliphatic hydroxyl groups is 2. The Balaban J connectivity index is 3.43. The molecule has 0 aliphatic heterocycles. The summed E-state index contributed by atoms with van der Waals surface area (Å²) in [6.45, 7) is 4.32. The molecule has 0 rings (SSSR count). The van der Waals surface area contributed by atoms with Gasteiger partial charge >= 0.3 is 0 Å². The zero-order valence-corrected chi connectivity index (χ0v) is 35.6. The first-order valence-corrected chi connectivity index (χ1v) is 23.9. The van der Waals surface area contributed by atoms with Crippen molar-refractivity contribution in [1.82, 2.24) is 5.32 Å². The molecule has 2 atom stereocenters. The molecule has 52 heavy (non-hydrogen) atoms. The summed E-state index contributed by atoms with van der Waals surface area (Å²) < 4.78 is 0. The van der Waals surface area contributed by atoms with Gasteiger partial charge in [-0.2, -0.15) is 0 Å². The Morgan fingerprint density at radius 2 is 0.712 bits per heavy atom. The van der Waals surface area contributed by atoms with Gasteiger partial charge in [-0.05, 0) is 19.3 Å². The minimum atomic E-state index is -0.833. The van der Waals surface area contributed by atoms with Gasteiger partial charge in [0.2, 0.25) is 5.91 Å². The summed E-state index contributed by atoms with van der Waals surface area (Å²) in [6.07, 6.45) is 56.4. The monoisotopic (exact) mass is 734 g/mol. The first-order valence-electron chi connectivity index (χ1n) is 23.9. The van der Waals surface area contributed by atoms with Crippen molar-refractivity contribution in [2.45, 2.75) is 283 Å². The second-order valence-corrected chi connectivity index (χ2v) is 16.5. The maximum atomic E-state index is 12.3. The van der Waals surface area contributed by atoms with Crippen molar-refractivity contribution in [3.05, 3.63) is 12.2 Å². The van der Waals surface area contributed by atoms with E-state index in [0.717, 1.165) is 25.7 Å². The van der Waals surface area contributed by atoms with Crippen LogP contribution in [0.2, 0.25) is 0 Å². The molecule has 0 spiro atoms. The largest absolute Gasteiger partial charge is 0.394 e. The molecule has 0 radical (unpaired) electrons. The summed E-state index contributed by atoms with van der Waals surface area (Å²) in [6, 6.07) is -0.616. The summed E-state index contributed by atoms with van der Waals surface area (Å²) >= 11 is 0. The Morgan fingerprint density at radius 3 is 1.00 bits per heavy atom. The van der Waals surface area contributed by atoms with E-state index in [-0.39, 0.29) is 12.5 Å². The highest BCUT2D eigenvalue weighted by Crippen LogP contribution is 2.17. The van der Waals surface area contributed by atoms with Gasteiger partial charge in [-0.1, -0.05) is 257 Å². The lowest BCUT2D eigenvalue weighted by molar-refractivity contribution is -0.123. The zero-order chi connectivity index (χ0) is 37.8. The summed E-state index contributed by atoms with van der Waals surface area (Å²) in [4.78, 5) is 12.3. The fraction of sp³-hybridized carbons (Fsp3) is 0.938. The van der Waals surface area contributed by atoms with Crippen LogP contribution in [0.1, 0.15) is 271 Å². The lowest BCUT2D eigenvalue weighted by Gasteiger charge is -2.20. The molecule has 0 fully saturated rings. The number of amides is 1. The summed E-state index contributed by atoms with van der Waals surface area (Å²) in [5, 5.41) is 23.0. The number of rotatable bonds is 44. The van der Waals surface area contributed by atoms with Crippen LogP contribution in [0.5, 0.6) is 0 Å². The van der Waals surface area contributed by atoms with Gasteiger partial charge in [0.15, 0.2) is 0 Å². The number of carbonyl (C=O) groups excluding carboxylic acids is 1. The number of unbranched alkanes of at least 4 members (excludes halogenated alkanes) is 37. The molecule has 0 saturated carbocycles. The van der Waals surface area contributed by atoms with E-state index in [2.05, 4.69) is 19.2 Å². The van der Waals surface area contributed by atoms with Gasteiger partial charge < -0.3 is 15.5 Å². The van der Waals surface area contributed by atoms with E-state index in [1.54, 1.807) is 6.08 Å². The Hall–Kier alpha value is -0.870. The van der Waals surface area contributed by atoms with Crippen LogP contribution in [0.3, 0.4) is 0 Å². The second kappa shape index (κ2) is 44.5. The molecule has 0 aliphatic rings. The van der Waals surface area contributed by atoms with E-state index in [9.17, 15) is 15.0 Å². The molecule has 4 nitrogen and oxygen atoms in total. The van der Waals surface area contributed by atoms with Gasteiger partial charge in [-0.3, -0.25) is 4.79 Å². The fourth-order valence-corrected chi connectivity index (χ4v) is 7.59. The van der Waals surface area contributed by atoms with Gasteiger partial charge in [0.25, 0.3) is 0 Å². The van der Waals surface area contributed by atoms with Gasteiger partial charge in [-0.15, -0.1) is 0 Å². The molecule has 4 heteroatoms. The summed E-state index contributed by atoms with van der Waals surface area (Å²) in [7, 11) is 0. The first-order chi connectivity index (χ1) is 25.7. The molecule has 0 bridgehead atoms. The predicted molar refractivity (Wildman–Crippen MR) is 230 cm³/mol. The Labute approximate surface area is 327 Å². The van der Waals surface area contributed by atoms with Crippen LogP contribution in [0, 0.1) is 0 Å². The standard InChI is InChI=1S/C48H95NO3/c1-3-5-7-9-11-13-15-16-17-18-19-20-21-22-23-24-25-26-27-28-29-30-31-32-34-35-37-39-41-43-47(51)46(45-50)49-48(52)44-42-40-38-36-33-14-12-10-8-6-4-2/h41,43,46-47,50-51H,3-40,42,44-45H2,1-2H3,(H,49,52)/b43-41+. The highest BCUT2D eigenvalue weighted by molar-refractivity contribution is 5.76. The third kappa shape index (κ3) is 40.3. The number of nitrogens with one attached hydrogen (secondary N) is 1. The van der Waals surface area contributed by atoms with Crippen molar-refractivity contribution in [2.75, 3.05) is 6.61 Å². The predicted octanol–water partition coefficient (Wildman–Crippen LogP) is 15.0. The van der Waals surface area contributed by atoms with Crippen LogP contribution in [0.4, 0.5) is 0 Å². The molecule has 0 aromatic rings. The third-order valence-electron chi connectivity index (χ3n) is 11.3. The van der Waals surface area contributed by atoms with Crippen molar-refractivity contribution >= 4 is 5.91 Å². The van der Waals surface area contributed by atoms with Crippen LogP contribution in [-0.2, 0) is 4.79 Å². The van der Waals surface area contributed by atoms with Crippen LogP contribution in [0.25, 0.3) is 0 Å². The van der Waals surface area contributed by atoms with Crippen LogP contribution in [-0.4, -0.2) is 34.9 Å². The Morgan fingerprint density at radius 1 is 0.442 bits per heavy atom. The van der Waals surface area contributed by atoms with Gasteiger partial charge in [0.1, 0.15) is 0 Å². The Bertz CT molecular complexity index is 710. The average molecular weight is 734 g/mol. The topological polar surface area (TPSA) is 69.6 Å². The van der Waals surface area contributed by atoms with Gasteiger partial charge in [-0.25, -0.2) is 0 Å². The Kier molecular flexibility index (Phi) is 43.8. The molecule has 310 valence electrons. The third-order valence-corrected chi connectivity index (χ3v) is 11.3. The molecular weight excluding hydrogens is 639 g/mol. The molecule has 0 aromatic carbocycles. The van der Waals surface area contributed by atoms with E-state index < -0.39 is 12.1 Å². The number of aliphatic hydroxyl groups excluding tert-OH is 2. The maximum Gasteiger partial charge on any atom is 0.220 e. The number of hydrogen-bond acceptors (Lipinski definition) is 3. The molecule has 0 saturated heterocycles. The van der Waals surface area contributed by atoms with E-state index in [0.29, 0.717) is 6.42 Å².